The van der Waals surface area contributed by atoms with Gasteiger partial charge in [-0.1, -0.05) is 18.0 Å². The van der Waals surface area contributed by atoms with E-state index in [1.807, 2.05) is 0 Å². The zero-order valence-corrected chi connectivity index (χ0v) is 14.7. The third-order valence-electron chi connectivity index (χ3n) is 4.65. The van der Waals surface area contributed by atoms with Crippen LogP contribution in [-0.2, 0) is 10.0 Å². The lowest BCUT2D eigenvalue weighted by Crippen LogP contribution is -2.38. The molecule has 1 aliphatic carbocycles. The molecule has 1 heterocycles. The van der Waals surface area contributed by atoms with Gasteiger partial charge in [-0.25, -0.2) is 8.42 Å². The Kier molecular flexibility index (Phi) is 4.36. The Labute approximate surface area is 138 Å². The molecular formula is C14H18BrClN2O2S. The minimum absolute atomic E-state index is 0.126. The molecule has 3 atom stereocenters. The van der Waals surface area contributed by atoms with E-state index < -0.39 is 10.0 Å². The van der Waals surface area contributed by atoms with E-state index in [4.69, 9.17) is 17.3 Å². The number of hydrogen-bond donors (Lipinski definition) is 1. The van der Waals surface area contributed by atoms with Crippen LogP contribution >= 0.6 is 27.5 Å². The van der Waals surface area contributed by atoms with Crippen molar-refractivity contribution in [1.29, 1.82) is 0 Å². The lowest BCUT2D eigenvalue weighted by Gasteiger charge is -2.29. The molecule has 2 aliphatic rings. The molecule has 1 aromatic rings. The van der Waals surface area contributed by atoms with Crippen molar-refractivity contribution in [3.63, 3.8) is 0 Å². The van der Waals surface area contributed by atoms with Crippen molar-refractivity contribution in [3.05, 3.63) is 27.7 Å². The van der Waals surface area contributed by atoms with Gasteiger partial charge in [0.2, 0.25) is 10.0 Å². The summed E-state index contributed by atoms with van der Waals surface area (Å²) in [6.07, 6.45) is 3.18. The largest absolute Gasteiger partial charge is 0.327 e. The van der Waals surface area contributed by atoms with E-state index in [1.54, 1.807) is 22.5 Å². The van der Waals surface area contributed by atoms with Crippen LogP contribution in [0, 0.1) is 11.8 Å². The Hall–Kier alpha value is -0.140. The molecular weight excluding hydrogens is 376 g/mol. The third kappa shape index (κ3) is 2.88. The number of nitrogens with zero attached hydrogens (tertiary/aromatic N) is 1. The summed E-state index contributed by atoms with van der Waals surface area (Å²) in [5.74, 6) is 0.698. The summed E-state index contributed by atoms with van der Waals surface area (Å²) in [7, 11) is -3.47. The van der Waals surface area contributed by atoms with E-state index in [0.717, 1.165) is 19.3 Å². The highest BCUT2D eigenvalue weighted by atomic mass is 79.9. The molecule has 0 amide bonds. The summed E-state index contributed by atoms with van der Waals surface area (Å²) < 4.78 is 27.7. The van der Waals surface area contributed by atoms with Crippen LogP contribution in [0.3, 0.4) is 0 Å². The average Bonchev–Trinajstić information content (AvgIpc) is 2.88. The molecule has 0 aromatic heterocycles. The molecule has 116 valence electrons. The fourth-order valence-electron chi connectivity index (χ4n) is 3.46. The topological polar surface area (TPSA) is 63.4 Å². The first-order valence-electron chi connectivity index (χ1n) is 7.10. The Morgan fingerprint density at radius 3 is 2.71 bits per heavy atom. The highest BCUT2D eigenvalue weighted by molar-refractivity contribution is 9.10. The molecule has 2 fully saturated rings. The van der Waals surface area contributed by atoms with E-state index in [2.05, 4.69) is 15.9 Å². The molecule has 2 N–H and O–H groups in total. The monoisotopic (exact) mass is 392 g/mol. The second-order valence-corrected chi connectivity index (χ2v) is 9.12. The summed E-state index contributed by atoms with van der Waals surface area (Å²) in [5, 5.41) is 0.506. The van der Waals surface area contributed by atoms with E-state index in [1.165, 1.54) is 0 Å². The fraction of sp³-hybridized carbons (Fsp3) is 0.571. The first kappa shape index (κ1) is 15.7. The number of hydrogen-bond acceptors (Lipinski definition) is 3. The summed E-state index contributed by atoms with van der Waals surface area (Å²) in [6, 6.07) is 4.86. The number of fused-ring (bicyclic) bond motifs is 1. The van der Waals surface area contributed by atoms with Crippen LogP contribution in [0.2, 0.25) is 5.02 Å². The first-order chi connectivity index (χ1) is 9.89. The van der Waals surface area contributed by atoms with Gasteiger partial charge in [0.25, 0.3) is 0 Å². The van der Waals surface area contributed by atoms with Crippen molar-refractivity contribution < 1.29 is 8.42 Å². The predicted octanol–water partition coefficient (Wildman–Crippen LogP) is 2.85. The molecule has 0 radical (unpaired) electrons. The van der Waals surface area contributed by atoms with Gasteiger partial charge in [0, 0.05) is 23.6 Å². The highest BCUT2D eigenvalue weighted by Gasteiger charge is 2.43. The summed E-state index contributed by atoms with van der Waals surface area (Å²) in [5.41, 5.74) is 6.16. The van der Waals surface area contributed by atoms with Gasteiger partial charge >= 0.3 is 0 Å². The van der Waals surface area contributed by atoms with Gasteiger partial charge in [0.1, 0.15) is 0 Å². The van der Waals surface area contributed by atoms with Gasteiger partial charge < -0.3 is 5.73 Å². The third-order valence-corrected chi connectivity index (χ3v) is 7.69. The number of rotatable bonds is 2. The minimum Gasteiger partial charge on any atom is -0.327 e. The van der Waals surface area contributed by atoms with Gasteiger partial charge in [-0.3, -0.25) is 0 Å². The lowest BCUT2D eigenvalue weighted by atomic mass is 9.78. The average molecular weight is 394 g/mol. The van der Waals surface area contributed by atoms with Crippen LogP contribution in [0.5, 0.6) is 0 Å². The second kappa shape index (κ2) is 5.81. The van der Waals surface area contributed by atoms with Crippen LogP contribution in [0.1, 0.15) is 19.3 Å². The van der Waals surface area contributed by atoms with E-state index >= 15 is 0 Å². The zero-order chi connectivity index (χ0) is 15.2. The van der Waals surface area contributed by atoms with E-state index in [-0.39, 0.29) is 10.9 Å². The van der Waals surface area contributed by atoms with Crippen molar-refractivity contribution in [3.8, 4) is 0 Å². The lowest BCUT2D eigenvalue weighted by molar-refractivity contribution is 0.260. The number of sulfonamides is 1. The van der Waals surface area contributed by atoms with Crippen LogP contribution in [0.4, 0.5) is 0 Å². The summed E-state index contributed by atoms with van der Waals surface area (Å²) >= 11 is 9.22. The van der Waals surface area contributed by atoms with Crippen molar-refractivity contribution in [2.45, 2.75) is 30.2 Å². The molecule has 1 saturated heterocycles. The fourth-order valence-corrected chi connectivity index (χ4v) is 5.67. The van der Waals surface area contributed by atoms with Crippen LogP contribution in [-0.4, -0.2) is 31.9 Å². The summed E-state index contributed by atoms with van der Waals surface area (Å²) in [4.78, 5) is 0.283. The maximum absolute atomic E-state index is 12.8. The number of halogens is 2. The van der Waals surface area contributed by atoms with Gasteiger partial charge in [-0.2, -0.15) is 4.31 Å². The Balaban J connectivity index is 1.87. The van der Waals surface area contributed by atoms with Gasteiger partial charge in [0.15, 0.2) is 0 Å². The summed E-state index contributed by atoms with van der Waals surface area (Å²) in [6.45, 7) is 1.12. The smallest absolute Gasteiger partial charge is 0.243 e. The molecule has 1 aliphatic heterocycles. The Bertz CT molecular complexity index is 652. The standard InChI is InChI=1S/C14H18BrClN2O2S/c15-12-6-10(4-5-13(12)16)21(19,20)18-7-9-2-1-3-14(17)11(9)8-18/h4-6,9,11,14H,1-3,7-8,17H2. The van der Waals surface area contributed by atoms with Crippen molar-refractivity contribution in [1.82, 2.24) is 4.31 Å². The molecule has 0 spiro atoms. The number of nitrogens with two attached hydrogens (primary N) is 1. The van der Waals surface area contributed by atoms with Gasteiger partial charge in [-0.05, 0) is 58.8 Å². The predicted molar refractivity (Wildman–Crippen MR) is 86.7 cm³/mol. The second-order valence-electron chi connectivity index (χ2n) is 5.92. The highest BCUT2D eigenvalue weighted by Crippen LogP contribution is 2.38. The van der Waals surface area contributed by atoms with Crippen LogP contribution < -0.4 is 5.73 Å². The maximum atomic E-state index is 12.8. The molecule has 3 unspecified atom stereocenters. The molecule has 4 nitrogen and oxygen atoms in total. The van der Waals surface area contributed by atoms with Crippen molar-refractivity contribution >= 4 is 37.6 Å². The minimum atomic E-state index is -3.47. The van der Waals surface area contributed by atoms with E-state index in [0.29, 0.717) is 34.4 Å². The Morgan fingerprint density at radius 2 is 2.05 bits per heavy atom. The van der Waals surface area contributed by atoms with Crippen LogP contribution in [0.25, 0.3) is 0 Å². The number of benzene rings is 1. The van der Waals surface area contributed by atoms with Crippen molar-refractivity contribution in [2.24, 2.45) is 17.6 Å². The van der Waals surface area contributed by atoms with E-state index in [9.17, 15) is 8.42 Å². The first-order valence-corrected chi connectivity index (χ1v) is 9.71. The van der Waals surface area contributed by atoms with Gasteiger partial charge in [-0.15, -0.1) is 0 Å². The molecule has 1 saturated carbocycles. The molecule has 7 heteroatoms. The quantitative estimate of drug-likeness (QED) is 0.840. The molecule has 21 heavy (non-hydrogen) atoms. The Morgan fingerprint density at radius 1 is 1.29 bits per heavy atom. The molecule has 1 aromatic carbocycles. The SMILES string of the molecule is NC1CCCC2CN(S(=O)(=O)c3ccc(Cl)c(Br)c3)CC12. The normalized spacial score (nSPS) is 30.3. The maximum Gasteiger partial charge on any atom is 0.243 e. The molecule has 3 rings (SSSR count). The zero-order valence-electron chi connectivity index (χ0n) is 11.5. The van der Waals surface area contributed by atoms with Gasteiger partial charge in [0.05, 0.1) is 9.92 Å². The molecule has 0 bridgehead atoms. The van der Waals surface area contributed by atoms with Crippen LogP contribution in [0.15, 0.2) is 27.6 Å². The van der Waals surface area contributed by atoms with Crippen molar-refractivity contribution in [2.75, 3.05) is 13.1 Å².